The number of carbonyl (C=O) groups is 1. The van der Waals surface area contributed by atoms with Gasteiger partial charge in [-0.3, -0.25) is 4.79 Å². The summed E-state index contributed by atoms with van der Waals surface area (Å²) in [5.74, 6) is -0.384. The summed E-state index contributed by atoms with van der Waals surface area (Å²) in [5.41, 5.74) is 3.80. The summed E-state index contributed by atoms with van der Waals surface area (Å²) in [4.78, 5) is 11.7. The lowest BCUT2D eigenvalue weighted by molar-refractivity contribution is -0.121. The number of halogens is 1. The first-order chi connectivity index (χ1) is 10.5. The smallest absolute Gasteiger partial charge is 0.240 e. The maximum atomic E-state index is 11.7. The molecule has 0 aliphatic heterocycles. The molecule has 0 fully saturated rings. The Balaban J connectivity index is 1.82. The number of phenols is 2. The number of aromatic hydroxyl groups is 2. The third kappa shape index (κ3) is 4.79. The molecule has 0 unspecified atom stereocenters. The lowest BCUT2D eigenvalue weighted by Gasteiger charge is -2.02. The number of benzene rings is 2. The monoisotopic (exact) mass is 318 g/mol. The van der Waals surface area contributed by atoms with Crippen molar-refractivity contribution in [2.75, 3.05) is 0 Å². The van der Waals surface area contributed by atoms with E-state index >= 15 is 0 Å². The molecule has 2 aromatic rings. The number of nitrogens with one attached hydrogen (secondary N) is 1. The molecule has 0 saturated carbocycles. The molecule has 1 amide bonds. The second kappa shape index (κ2) is 7.47. The van der Waals surface area contributed by atoms with Crippen molar-refractivity contribution in [3.05, 3.63) is 58.6 Å². The first kappa shape index (κ1) is 15.9. The van der Waals surface area contributed by atoms with Crippen LogP contribution in [0.2, 0.25) is 5.02 Å². The number of carbonyl (C=O) groups excluding carboxylic acids is 1. The van der Waals surface area contributed by atoms with Crippen LogP contribution in [-0.2, 0) is 11.2 Å². The van der Waals surface area contributed by atoms with Gasteiger partial charge in [0, 0.05) is 23.1 Å². The molecule has 2 aromatic carbocycles. The Hall–Kier alpha value is -2.53. The van der Waals surface area contributed by atoms with Gasteiger partial charge >= 0.3 is 0 Å². The van der Waals surface area contributed by atoms with Crippen LogP contribution in [0.3, 0.4) is 0 Å². The van der Waals surface area contributed by atoms with Gasteiger partial charge in [0.15, 0.2) is 0 Å². The largest absolute Gasteiger partial charge is 0.508 e. The Labute approximate surface area is 132 Å². The van der Waals surface area contributed by atoms with Crippen molar-refractivity contribution in [2.24, 2.45) is 5.10 Å². The van der Waals surface area contributed by atoms with Crippen molar-refractivity contribution in [2.45, 2.75) is 12.8 Å². The molecule has 0 aliphatic carbocycles. The molecule has 6 heteroatoms. The quantitative estimate of drug-likeness (QED) is 0.585. The van der Waals surface area contributed by atoms with Gasteiger partial charge in [-0.25, -0.2) is 5.43 Å². The molecule has 0 aliphatic rings. The van der Waals surface area contributed by atoms with E-state index in [2.05, 4.69) is 10.5 Å². The zero-order valence-corrected chi connectivity index (χ0v) is 12.4. The lowest BCUT2D eigenvalue weighted by Crippen LogP contribution is -2.17. The van der Waals surface area contributed by atoms with E-state index in [1.807, 2.05) is 12.1 Å². The van der Waals surface area contributed by atoms with Crippen molar-refractivity contribution >= 4 is 23.7 Å². The van der Waals surface area contributed by atoms with Crippen molar-refractivity contribution in [1.29, 1.82) is 0 Å². The zero-order chi connectivity index (χ0) is 15.9. The van der Waals surface area contributed by atoms with E-state index < -0.39 is 0 Å². The minimum Gasteiger partial charge on any atom is -0.508 e. The summed E-state index contributed by atoms with van der Waals surface area (Å²) in [6, 6.07) is 11.4. The predicted molar refractivity (Wildman–Crippen MR) is 85.3 cm³/mol. The van der Waals surface area contributed by atoms with Gasteiger partial charge in [-0.1, -0.05) is 23.7 Å². The highest BCUT2D eigenvalue weighted by Gasteiger charge is 2.02. The Morgan fingerprint density at radius 3 is 2.59 bits per heavy atom. The number of hydrogen-bond donors (Lipinski definition) is 3. The SMILES string of the molecule is O=C(CCc1ccc(Cl)cc1)N/N=C\c1ccc(O)cc1O. The van der Waals surface area contributed by atoms with Gasteiger partial charge in [0.2, 0.25) is 5.91 Å². The molecule has 22 heavy (non-hydrogen) atoms. The molecule has 114 valence electrons. The van der Waals surface area contributed by atoms with E-state index in [9.17, 15) is 9.90 Å². The second-order valence-corrected chi connectivity index (χ2v) is 5.10. The topological polar surface area (TPSA) is 81.9 Å². The van der Waals surface area contributed by atoms with E-state index in [0.29, 0.717) is 23.4 Å². The van der Waals surface area contributed by atoms with Crippen LogP contribution in [-0.4, -0.2) is 22.3 Å². The minimum absolute atomic E-state index is 0.0401. The standard InChI is InChI=1S/C16H15ClN2O3/c17-13-5-1-11(2-6-13)3-8-16(22)19-18-10-12-4-7-14(20)9-15(12)21/h1-2,4-7,9-10,20-21H,3,8H2,(H,19,22)/b18-10-. The van der Waals surface area contributed by atoms with E-state index in [0.717, 1.165) is 5.56 Å². The van der Waals surface area contributed by atoms with Crippen LogP contribution >= 0.6 is 11.6 Å². The Morgan fingerprint density at radius 2 is 1.91 bits per heavy atom. The molecule has 0 bridgehead atoms. The number of amides is 1. The molecule has 0 saturated heterocycles. The molecule has 0 atom stereocenters. The number of phenolic OH excluding ortho intramolecular Hbond substituents is 2. The molecule has 5 nitrogen and oxygen atoms in total. The summed E-state index contributed by atoms with van der Waals surface area (Å²) < 4.78 is 0. The molecule has 0 aromatic heterocycles. The van der Waals surface area contributed by atoms with Crippen molar-refractivity contribution in [3.8, 4) is 11.5 Å². The predicted octanol–water partition coefficient (Wildman–Crippen LogP) is 2.83. The Morgan fingerprint density at radius 1 is 1.18 bits per heavy atom. The fraction of sp³-hybridized carbons (Fsp3) is 0.125. The maximum Gasteiger partial charge on any atom is 0.240 e. The number of rotatable bonds is 5. The van der Waals surface area contributed by atoms with E-state index in [1.165, 1.54) is 24.4 Å². The zero-order valence-electron chi connectivity index (χ0n) is 11.7. The van der Waals surface area contributed by atoms with Crippen LogP contribution in [0.1, 0.15) is 17.5 Å². The van der Waals surface area contributed by atoms with Gasteiger partial charge in [-0.2, -0.15) is 5.10 Å². The first-order valence-corrected chi connectivity index (χ1v) is 7.01. The molecule has 0 radical (unpaired) electrons. The highest BCUT2D eigenvalue weighted by molar-refractivity contribution is 6.30. The third-order valence-corrected chi connectivity index (χ3v) is 3.21. The Bertz CT molecular complexity index is 684. The fourth-order valence-electron chi connectivity index (χ4n) is 1.78. The van der Waals surface area contributed by atoms with Crippen LogP contribution in [0.25, 0.3) is 0 Å². The second-order valence-electron chi connectivity index (χ2n) is 4.66. The Kier molecular flexibility index (Phi) is 5.38. The van der Waals surface area contributed by atoms with Crippen molar-refractivity contribution < 1.29 is 15.0 Å². The average Bonchev–Trinajstić information content (AvgIpc) is 2.49. The fourth-order valence-corrected chi connectivity index (χ4v) is 1.91. The minimum atomic E-state index is -0.232. The molecule has 0 spiro atoms. The van der Waals surface area contributed by atoms with Gasteiger partial charge in [-0.05, 0) is 36.2 Å². The van der Waals surface area contributed by atoms with Crippen LogP contribution in [0, 0.1) is 0 Å². The van der Waals surface area contributed by atoms with Crippen molar-refractivity contribution in [1.82, 2.24) is 5.43 Å². The number of aryl methyl sites for hydroxylation is 1. The van der Waals surface area contributed by atoms with Gasteiger partial charge in [0.1, 0.15) is 11.5 Å². The highest BCUT2D eigenvalue weighted by Crippen LogP contribution is 2.20. The summed E-state index contributed by atoms with van der Waals surface area (Å²) in [5, 5.41) is 23.2. The van der Waals surface area contributed by atoms with Crippen LogP contribution < -0.4 is 5.43 Å². The highest BCUT2D eigenvalue weighted by atomic mass is 35.5. The summed E-state index contributed by atoms with van der Waals surface area (Å²) >= 11 is 5.79. The number of nitrogens with zero attached hydrogens (tertiary/aromatic N) is 1. The van der Waals surface area contributed by atoms with Gasteiger partial charge in [-0.15, -0.1) is 0 Å². The van der Waals surface area contributed by atoms with Gasteiger partial charge in [0.05, 0.1) is 6.21 Å². The van der Waals surface area contributed by atoms with E-state index in [1.54, 1.807) is 12.1 Å². The van der Waals surface area contributed by atoms with Crippen LogP contribution in [0.15, 0.2) is 47.6 Å². The molecular weight excluding hydrogens is 304 g/mol. The molecule has 0 heterocycles. The molecule has 3 N–H and O–H groups in total. The van der Waals surface area contributed by atoms with Gasteiger partial charge in [0.25, 0.3) is 0 Å². The summed E-state index contributed by atoms with van der Waals surface area (Å²) in [6.07, 6.45) is 2.19. The van der Waals surface area contributed by atoms with E-state index in [4.69, 9.17) is 16.7 Å². The lowest BCUT2D eigenvalue weighted by atomic mass is 10.1. The number of hydrogen-bond acceptors (Lipinski definition) is 4. The van der Waals surface area contributed by atoms with Crippen LogP contribution in [0.5, 0.6) is 11.5 Å². The average molecular weight is 319 g/mol. The molecular formula is C16H15ClN2O3. The normalized spacial score (nSPS) is 10.8. The van der Waals surface area contributed by atoms with Crippen LogP contribution in [0.4, 0.5) is 0 Å². The third-order valence-electron chi connectivity index (χ3n) is 2.96. The van der Waals surface area contributed by atoms with Crippen molar-refractivity contribution in [3.63, 3.8) is 0 Å². The maximum absolute atomic E-state index is 11.7. The number of hydrazone groups is 1. The summed E-state index contributed by atoms with van der Waals surface area (Å²) in [7, 11) is 0. The summed E-state index contributed by atoms with van der Waals surface area (Å²) in [6.45, 7) is 0. The molecule has 2 rings (SSSR count). The van der Waals surface area contributed by atoms with Gasteiger partial charge < -0.3 is 10.2 Å². The van der Waals surface area contributed by atoms with E-state index in [-0.39, 0.29) is 17.4 Å². The first-order valence-electron chi connectivity index (χ1n) is 6.63.